The second kappa shape index (κ2) is 2.44. The van der Waals surface area contributed by atoms with E-state index in [9.17, 15) is 18.0 Å². The molecule has 5 heteroatoms. The van der Waals surface area contributed by atoms with Crippen molar-refractivity contribution in [3.8, 4) is 0 Å². The molecule has 0 aliphatic heterocycles. The molecule has 2 saturated carbocycles. The lowest BCUT2D eigenvalue weighted by molar-refractivity contribution is -0.175. The summed E-state index contributed by atoms with van der Waals surface area (Å²) < 4.78 is 36.0. The Balaban J connectivity index is 2.02. The summed E-state index contributed by atoms with van der Waals surface area (Å²) >= 11 is 0. The molecule has 0 saturated heterocycles. The van der Waals surface area contributed by atoms with Crippen LogP contribution in [-0.2, 0) is 4.79 Å². The Morgan fingerprint density at radius 1 is 1.21 bits per heavy atom. The van der Waals surface area contributed by atoms with E-state index in [-0.39, 0.29) is 5.41 Å². The molecule has 2 aliphatic rings. The van der Waals surface area contributed by atoms with Crippen LogP contribution in [0.1, 0.15) is 32.6 Å². The highest BCUT2D eigenvalue weighted by atomic mass is 19.4. The summed E-state index contributed by atoms with van der Waals surface area (Å²) in [6.07, 6.45) is -1.53. The molecule has 0 bridgehead atoms. The van der Waals surface area contributed by atoms with E-state index < -0.39 is 17.6 Å². The highest BCUT2D eigenvalue weighted by Crippen LogP contribution is 2.63. The number of amides is 1. The van der Waals surface area contributed by atoms with E-state index >= 15 is 0 Å². The molecule has 0 aromatic carbocycles. The fourth-order valence-corrected chi connectivity index (χ4v) is 1.96. The molecular formula is C9H12F3NO. The largest absolute Gasteiger partial charge is 0.471 e. The summed E-state index contributed by atoms with van der Waals surface area (Å²) in [5.41, 5.74) is -0.618. The van der Waals surface area contributed by atoms with Crippen LogP contribution in [0.4, 0.5) is 13.2 Å². The van der Waals surface area contributed by atoms with Gasteiger partial charge in [-0.25, -0.2) is 0 Å². The van der Waals surface area contributed by atoms with E-state index in [1.807, 2.05) is 6.92 Å². The topological polar surface area (TPSA) is 29.1 Å². The van der Waals surface area contributed by atoms with Gasteiger partial charge in [0.1, 0.15) is 0 Å². The molecule has 80 valence electrons. The maximum atomic E-state index is 12.0. The summed E-state index contributed by atoms with van der Waals surface area (Å²) in [4.78, 5) is 10.8. The van der Waals surface area contributed by atoms with Crippen molar-refractivity contribution in [3.05, 3.63) is 0 Å². The Morgan fingerprint density at radius 2 is 1.71 bits per heavy atom. The minimum atomic E-state index is -4.75. The van der Waals surface area contributed by atoms with Crippen molar-refractivity contribution in [3.63, 3.8) is 0 Å². The molecule has 1 amide bonds. The van der Waals surface area contributed by atoms with Crippen molar-refractivity contribution < 1.29 is 18.0 Å². The van der Waals surface area contributed by atoms with Crippen molar-refractivity contribution in [1.82, 2.24) is 5.32 Å². The Morgan fingerprint density at radius 3 is 2.00 bits per heavy atom. The van der Waals surface area contributed by atoms with E-state index in [2.05, 4.69) is 5.32 Å². The van der Waals surface area contributed by atoms with E-state index in [0.29, 0.717) is 12.8 Å². The quantitative estimate of drug-likeness (QED) is 0.737. The van der Waals surface area contributed by atoms with Crippen LogP contribution >= 0.6 is 0 Å². The van der Waals surface area contributed by atoms with Gasteiger partial charge in [-0.05, 0) is 31.1 Å². The number of rotatable bonds is 2. The number of halogens is 3. The van der Waals surface area contributed by atoms with Crippen molar-refractivity contribution in [2.45, 2.75) is 44.3 Å². The lowest BCUT2D eigenvalue weighted by atomic mass is 9.96. The molecule has 0 aromatic rings. The fraction of sp³-hybridized carbons (Fsp3) is 0.889. The highest BCUT2D eigenvalue weighted by Gasteiger charge is 2.64. The third kappa shape index (κ3) is 1.38. The van der Waals surface area contributed by atoms with Crippen LogP contribution < -0.4 is 5.32 Å². The van der Waals surface area contributed by atoms with Gasteiger partial charge >= 0.3 is 12.1 Å². The van der Waals surface area contributed by atoms with Gasteiger partial charge in [0, 0.05) is 5.54 Å². The SMILES string of the molecule is CC1(C2(NC(=O)C(F)(F)F)CC2)CC1. The summed E-state index contributed by atoms with van der Waals surface area (Å²) in [5, 5.41) is 2.15. The zero-order valence-electron chi connectivity index (χ0n) is 7.87. The van der Waals surface area contributed by atoms with Crippen molar-refractivity contribution >= 4 is 5.91 Å². The van der Waals surface area contributed by atoms with E-state index in [0.717, 1.165) is 12.8 Å². The van der Waals surface area contributed by atoms with Crippen LogP contribution in [-0.4, -0.2) is 17.6 Å². The van der Waals surface area contributed by atoms with E-state index in [1.165, 1.54) is 0 Å². The van der Waals surface area contributed by atoms with Crippen molar-refractivity contribution in [1.29, 1.82) is 0 Å². The molecule has 0 aromatic heterocycles. The van der Waals surface area contributed by atoms with Gasteiger partial charge in [-0.2, -0.15) is 13.2 Å². The van der Waals surface area contributed by atoms with Gasteiger partial charge in [-0.3, -0.25) is 4.79 Å². The van der Waals surface area contributed by atoms with Crippen LogP contribution in [0.2, 0.25) is 0 Å². The standard InChI is InChI=1S/C9H12F3NO/c1-7(2-3-7)8(4-5-8)13-6(14)9(10,11)12/h2-5H2,1H3,(H,13,14). The summed E-state index contributed by atoms with van der Waals surface area (Å²) in [6, 6.07) is 0. The minimum absolute atomic E-state index is 0.0755. The Labute approximate surface area is 79.9 Å². The van der Waals surface area contributed by atoms with E-state index in [1.54, 1.807) is 0 Å². The molecule has 2 rings (SSSR count). The molecular weight excluding hydrogens is 195 g/mol. The summed E-state index contributed by atoms with van der Waals surface area (Å²) in [5.74, 6) is -1.79. The molecule has 0 spiro atoms. The Kier molecular flexibility index (Phi) is 1.71. The predicted molar refractivity (Wildman–Crippen MR) is 43.5 cm³/mol. The molecule has 0 atom stereocenters. The zero-order chi connectivity index (χ0) is 10.6. The normalized spacial score (nSPS) is 26.9. The van der Waals surface area contributed by atoms with E-state index in [4.69, 9.17) is 0 Å². The molecule has 0 radical (unpaired) electrons. The molecule has 2 aliphatic carbocycles. The van der Waals surface area contributed by atoms with Gasteiger partial charge in [0.15, 0.2) is 0 Å². The van der Waals surface area contributed by atoms with Gasteiger partial charge in [0.05, 0.1) is 0 Å². The lowest BCUT2D eigenvalue weighted by Gasteiger charge is -2.24. The number of hydrogen-bond acceptors (Lipinski definition) is 1. The van der Waals surface area contributed by atoms with Gasteiger partial charge in [0.25, 0.3) is 0 Å². The van der Waals surface area contributed by atoms with Crippen LogP contribution in [0.3, 0.4) is 0 Å². The van der Waals surface area contributed by atoms with Gasteiger partial charge in [-0.15, -0.1) is 0 Å². The van der Waals surface area contributed by atoms with Crippen molar-refractivity contribution in [2.24, 2.45) is 5.41 Å². The van der Waals surface area contributed by atoms with Gasteiger partial charge < -0.3 is 5.32 Å². The molecule has 0 unspecified atom stereocenters. The van der Waals surface area contributed by atoms with Gasteiger partial charge in [0.2, 0.25) is 0 Å². The minimum Gasteiger partial charge on any atom is -0.342 e. The fourth-order valence-electron chi connectivity index (χ4n) is 1.96. The maximum Gasteiger partial charge on any atom is 0.471 e. The Hall–Kier alpha value is -0.740. The monoisotopic (exact) mass is 207 g/mol. The van der Waals surface area contributed by atoms with Crippen LogP contribution in [0.25, 0.3) is 0 Å². The third-order valence-corrected chi connectivity index (χ3v) is 3.52. The summed E-state index contributed by atoms with van der Waals surface area (Å²) in [6.45, 7) is 1.94. The number of carbonyl (C=O) groups is 1. The second-order valence-corrected chi connectivity index (χ2v) is 4.59. The molecule has 14 heavy (non-hydrogen) atoms. The number of alkyl halides is 3. The first kappa shape index (κ1) is 9.80. The maximum absolute atomic E-state index is 12.0. The Bertz CT molecular complexity index is 276. The van der Waals surface area contributed by atoms with Crippen LogP contribution in [0, 0.1) is 5.41 Å². The van der Waals surface area contributed by atoms with Gasteiger partial charge in [-0.1, -0.05) is 6.92 Å². The number of hydrogen-bond donors (Lipinski definition) is 1. The number of carbonyl (C=O) groups excluding carboxylic acids is 1. The first-order valence-corrected chi connectivity index (χ1v) is 4.69. The first-order valence-electron chi connectivity index (χ1n) is 4.69. The van der Waals surface area contributed by atoms with Crippen molar-refractivity contribution in [2.75, 3.05) is 0 Å². The predicted octanol–water partition coefficient (Wildman–Crippen LogP) is 2.00. The zero-order valence-corrected chi connectivity index (χ0v) is 7.87. The lowest BCUT2D eigenvalue weighted by Crippen LogP contribution is -2.48. The third-order valence-electron chi connectivity index (χ3n) is 3.52. The smallest absolute Gasteiger partial charge is 0.342 e. The molecule has 0 heterocycles. The highest BCUT2D eigenvalue weighted by molar-refractivity contribution is 5.83. The summed E-state index contributed by atoms with van der Waals surface area (Å²) in [7, 11) is 0. The van der Waals surface area contributed by atoms with Crippen LogP contribution in [0.15, 0.2) is 0 Å². The average molecular weight is 207 g/mol. The molecule has 2 nitrogen and oxygen atoms in total. The number of nitrogens with one attached hydrogen (secondary N) is 1. The molecule has 2 fully saturated rings. The second-order valence-electron chi connectivity index (χ2n) is 4.59. The molecule has 1 N–H and O–H groups in total. The van der Waals surface area contributed by atoms with Crippen LogP contribution in [0.5, 0.6) is 0 Å². The first-order chi connectivity index (χ1) is 6.29. The average Bonchev–Trinajstić information content (AvgIpc) is 2.86.